The van der Waals surface area contributed by atoms with Gasteiger partial charge < -0.3 is 0 Å². The monoisotopic (exact) mass is 348 g/mol. The Kier molecular flexibility index (Phi) is 3.40. The van der Waals surface area contributed by atoms with E-state index in [0.717, 1.165) is 35.6 Å². The number of rotatable bonds is 0. The molecular formula is C15H6F6OS. The summed E-state index contributed by atoms with van der Waals surface area (Å²) >= 11 is 0.969. The van der Waals surface area contributed by atoms with Crippen LogP contribution >= 0.6 is 11.3 Å². The molecule has 0 amide bonds. The first kappa shape index (κ1) is 15.8. The van der Waals surface area contributed by atoms with Crippen molar-refractivity contribution in [2.24, 2.45) is 0 Å². The van der Waals surface area contributed by atoms with Gasteiger partial charge in [-0.3, -0.25) is 4.79 Å². The molecule has 120 valence electrons. The highest BCUT2D eigenvalue weighted by Crippen LogP contribution is 2.35. The minimum Gasteiger partial charge on any atom is -0.289 e. The van der Waals surface area contributed by atoms with E-state index in [1.807, 2.05) is 0 Å². The summed E-state index contributed by atoms with van der Waals surface area (Å²) < 4.78 is 77.0. The third-order valence-electron chi connectivity index (χ3n) is 3.32. The van der Waals surface area contributed by atoms with E-state index < -0.39 is 28.9 Å². The molecule has 0 aliphatic carbocycles. The zero-order valence-corrected chi connectivity index (χ0v) is 11.9. The fourth-order valence-corrected chi connectivity index (χ4v) is 3.24. The van der Waals surface area contributed by atoms with E-state index in [4.69, 9.17) is 0 Å². The summed E-state index contributed by atoms with van der Waals surface area (Å²) in [5.41, 5.74) is -2.87. The van der Waals surface area contributed by atoms with Gasteiger partial charge in [-0.05, 0) is 36.4 Å². The van der Waals surface area contributed by atoms with Crippen LogP contribution in [0.25, 0.3) is 20.2 Å². The SMILES string of the molecule is O=c1c2cc(C(F)(F)F)ccc2sc2ccc(C(F)(F)F)cc12. The highest BCUT2D eigenvalue weighted by Gasteiger charge is 2.32. The van der Waals surface area contributed by atoms with Crippen LogP contribution in [0.4, 0.5) is 26.3 Å². The largest absolute Gasteiger partial charge is 0.416 e. The first-order valence-electron chi connectivity index (χ1n) is 6.22. The van der Waals surface area contributed by atoms with Crippen LogP contribution in [0.15, 0.2) is 41.2 Å². The second-order valence-corrected chi connectivity index (χ2v) is 5.93. The molecule has 0 spiro atoms. The maximum absolute atomic E-state index is 12.7. The maximum Gasteiger partial charge on any atom is 0.416 e. The van der Waals surface area contributed by atoms with E-state index >= 15 is 0 Å². The van der Waals surface area contributed by atoms with Crippen molar-refractivity contribution < 1.29 is 26.3 Å². The third kappa shape index (κ3) is 2.78. The van der Waals surface area contributed by atoms with Crippen molar-refractivity contribution in [1.82, 2.24) is 0 Å². The van der Waals surface area contributed by atoms with Crippen LogP contribution in [0.3, 0.4) is 0 Å². The molecular weight excluding hydrogens is 342 g/mol. The normalized spacial score (nSPS) is 13.0. The molecule has 8 heteroatoms. The van der Waals surface area contributed by atoms with Crippen LogP contribution in [-0.2, 0) is 12.4 Å². The summed E-state index contributed by atoms with van der Waals surface area (Å²) in [7, 11) is 0. The number of fused-ring (bicyclic) bond motifs is 2. The van der Waals surface area contributed by atoms with Crippen molar-refractivity contribution in [3.05, 3.63) is 57.7 Å². The lowest BCUT2D eigenvalue weighted by molar-refractivity contribution is -0.138. The van der Waals surface area contributed by atoms with Gasteiger partial charge >= 0.3 is 12.4 Å². The fourth-order valence-electron chi connectivity index (χ4n) is 2.21. The van der Waals surface area contributed by atoms with Crippen LogP contribution in [0.2, 0.25) is 0 Å². The average Bonchev–Trinajstić information content (AvgIpc) is 2.45. The Labute approximate surface area is 128 Å². The van der Waals surface area contributed by atoms with Gasteiger partial charge in [-0.2, -0.15) is 26.3 Å². The summed E-state index contributed by atoms with van der Waals surface area (Å²) in [5, 5.41) is -0.478. The molecule has 0 aliphatic heterocycles. The minimum atomic E-state index is -4.63. The number of hydrogen-bond acceptors (Lipinski definition) is 2. The lowest BCUT2D eigenvalue weighted by Gasteiger charge is -2.09. The fraction of sp³-hybridized carbons (Fsp3) is 0.133. The number of halogens is 6. The van der Waals surface area contributed by atoms with Gasteiger partial charge in [0.25, 0.3) is 0 Å². The molecule has 1 aromatic heterocycles. The molecule has 0 saturated heterocycles. The molecule has 0 fully saturated rings. The highest BCUT2D eigenvalue weighted by molar-refractivity contribution is 7.24. The molecule has 0 aliphatic rings. The average molecular weight is 348 g/mol. The van der Waals surface area contributed by atoms with E-state index in [1.54, 1.807) is 0 Å². The molecule has 0 radical (unpaired) electrons. The van der Waals surface area contributed by atoms with Crippen molar-refractivity contribution in [1.29, 1.82) is 0 Å². The second-order valence-electron chi connectivity index (χ2n) is 4.85. The second kappa shape index (κ2) is 4.95. The van der Waals surface area contributed by atoms with Crippen molar-refractivity contribution in [3.8, 4) is 0 Å². The van der Waals surface area contributed by atoms with Gasteiger partial charge in [0, 0.05) is 20.2 Å². The summed E-state index contributed by atoms with van der Waals surface area (Å²) in [4.78, 5) is 12.3. The van der Waals surface area contributed by atoms with E-state index in [1.165, 1.54) is 0 Å². The molecule has 0 unspecified atom stereocenters. The van der Waals surface area contributed by atoms with Crippen LogP contribution in [0, 0.1) is 0 Å². The van der Waals surface area contributed by atoms with Crippen LogP contribution < -0.4 is 5.43 Å². The van der Waals surface area contributed by atoms with E-state index in [9.17, 15) is 31.1 Å². The summed E-state index contributed by atoms with van der Waals surface area (Å²) in [6.45, 7) is 0. The Hall–Kier alpha value is -2.09. The van der Waals surface area contributed by atoms with Crippen LogP contribution in [-0.4, -0.2) is 0 Å². The summed E-state index contributed by atoms with van der Waals surface area (Å²) in [6, 6.07) is 5.34. The molecule has 3 aromatic rings. The molecule has 2 aromatic carbocycles. The van der Waals surface area contributed by atoms with E-state index in [2.05, 4.69) is 0 Å². The first-order chi connectivity index (χ1) is 10.6. The summed E-state index contributed by atoms with van der Waals surface area (Å²) in [5.74, 6) is 0. The molecule has 1 heterocycles. The lowest BCUT2D eigenvalue weighted by atomic mass is 10.1. The van der Waals surface area contributed by atoms with Gasteiger partial charge in [0.2, 0.25) is 0 Å². The van der Waals surface area contributed by atoms with Crippen molar-refractivity contribution in [3.63, 3.8) is 0 Å². The van der Waals surface area contributed by atoms with E-state index in [-0.39, 0.29) is 20.2 Å². The number of hydrogen-bond donors (Lipinski definition) is 0. The summed E-state index contributed by atoms with van der Waals surface area (Å²) in [6.07, 6.45) is -9.26. The number of alkyl halides is 6. The van der Waals surface area contributed by atoms with Crippen molar-refractivity contribution >= 4 is 31.5 Å². The molecule has 0 atom stereocenters. The molecule has 0 bridgehead atoms. The standard InChI is InChI=1S/C15H6F6OS/c16-14(17,18)7-1-3-11-9(5-7)13(22)10-6-8(15(19,20)21)2-4-12(10)23-11/h1-6H. The number of benzene rings is 2. The predicted molar refractivity (Wildman–Crippen MR) is 75.6 cm³/mol. The third-order valence-corrected chi connectivity index (χ3v) is 4.47. The Morgan fingerprint density at radius 3 is 1.43 bits per heavy atom. The van der Waals surface area contributed by atoms with Gasteiger partial charge in [0.05, 0.1) is 11.1 Å². The van der Waals surface area contributed by atoms with Gasteiger partial charge in [0.1, 0.15) is 0 Å². The Morgan fingerprint density at radius 2 is 1.09 bits per heavy atom. The zero-order chi connectivity index (χ0) is 17.0. The molecule has 0 saturated carbocycles. The van der Waals surface area contributed by atoms with Crippen molar-refractivity contribution in [2.75, 3.05) is 0 Å². The Bertz CT molecular complexity index is 893. The minimum absolute atomic E-state index is 0.239. The zero-order valence-electron chi connectivity index (χ0n) is 11.0. The molecule has 23 heavy (non-hydrogen) atoms. The maximum atomic E-state index is 12.7. The van der Waals surface area contributed by atoms with Crippen molar-refractivity contribution in [2.45, 2.75) is 12.4 Å². The molecule has 3 rings (SSSR count). The highest BCUT2D eigenvalue weighted by atomic mass is 32.1. The van der Waals surface area contributed by atoms with E-state index in [0.29, 0.717) is 12.1 Å². The molecule has 0 N–H and O–H groups in total. The Morgan fingerprint density at radius 1 is 0.696 bits per heavy atom. The van der Waals surface area contributed by atoms with Gasteiger partial charge in [-0.1, -0.05) is 0 Å². The predicted octanol–water partition coefficient (Wildman–Crippen LogP) is 5.45. The van der Waals surface area contributed by atoms with Gasteiger partial charge in [0.15, 0.2) is 5.43 Å². The lowest BCUT2D eigenvalue weighted by Crippen LogP contribution is -2.09. The van der Waals surface area contributed by atoms with Gasteiger partial charge in [-0.25, -0.2) is 0 Å². The quantitative estimate of drug-likeness (QED) is 0.390. The van der Waals surface area contributed by atoms with Gasteiger partial charge in [-0.15, -0.1) is 11.3 Å². The van der Waals surface area contributed by atoms with Crippen LogP contribution in [0.5, 0.6) is 0 Å². The smallest absolute Gasteiger partial charge is 0.289 e. The topological polar surface area (TPSA) is 17.1 Å². The molecule has 1 nitrogen and oxygen atoms in total. The van der Waals surface area contributed by atoms with Crippen LogP contribution in [0.1, 0.15) is 11.1 Å². The Balaban J connectivity index is 2.36. The first-order valence-corrected chi connectivity index (χ1v) is 7.04.